The minimum atomic E-state index is 0.0484. The molecule has 2 aliphatic carbocycles. The fourth-order valence-corrected chi connectivity index (χ4v) is 4.28. The predicted molar refractivity (Wildman–Crippen MR) is 82.2 cm³/mol. The van der Waals surface area contributed by atoms with E-state index in [0.717, 1.165) is 6.42 Å². The van der Waals surface area contributed by atoms with Crippen LogP contribution in [0.25, 0.3) is 0 Å². The first kappa shape index (κ1) is 15.4. The van der Waals surface area contributed by atoms with E-state index in [0.29, 0.717) is 11.3 Å². The van der Waals surface area contributed by atoms with Crippen molar-refractivity contribution < 1.29 is 5.11 Å². The van der Waals surface area contributed by atoms with Gasteiger partial charge in [-0.05, 0) is 37.0 Å². The van der Waals surface area contributed by atoms with Gasteiger partial charge in [0.2, 0.25) is 0 Å². The minimum Gasteiger partial charge on any atom is -0.393 e. The standard InChI is InChI=1S/C18H34O/c1-2-3-4-5-6-7-8-9-10-13-18-14-11-12-17(19)16(18)15-18/h16-17,19H,2-15H2,1H3/t16-,17+,18-/m1/s1. The second kappa shape index (κ2) is 7.67. The molecule has 1 heteroatoms. The Bertz CT molecular complexity index is 250. The number of fused-ring (bicyclic) bond motifs is 1. The van der Waals surface area contributed by atoms with Gasteiger partial charge in [-0.15, -0.1) is 0 Å². The molecule has 0 aromatic heterocycles. The van der Waals surface area contributed by atoms with Crippen LogP contribution in [-0.2, 0) is 0 Å². The summed E-state index contributed by atoms with van der Waals surface area (Å²) in [5, 5.41) is 9.93. The van der Waals surface area contributed by atoms with Crippen molar-refractivity contribution in [2.45, 2.75) is 103 Å². The summed E-state index contributed by atoms with van der Waals surface area (Å²) in [6, 6.07) is 0. The Kier molecular flexibility index (Phi) is 6.19. The molecule has 0 saturated heterocycles. The zero-order valence-corrected chi connectivity index (χ0v) is 13.0. The molecule has 0 unspecified atom stereocenters. The summed E-state index contributed by atoms with van der Waals surface area (Å²) in [5.74, 6) is 0.690. The van der Waals surface area contributed by atoms with E-state index in [9.17, 15) is 5.11 Å². The van der Waals surface area contributed by atoms with Crippen molar-refractivity contribution in [1.29, 1.82) is 0 Å². The molecule has 2 fully saturated rings. The zero-order chi connectivity index (χ0) is 13.6. The maximum atomic E-state index is 9.93. The number of hydrogen-bond acceptors (Lipinski definition) is 1. The van der Waals surface area contributed by atoms with E-state index in [4.69, 9.17) is 0 Å². The Morgan fingerprint density at radius 3 is 2.26 bits per heavy atom. The summed E-state index contributed by atoms with van der Waals surface area (Å²) in [5.41, 5.74) is 0.610. The van der Waals surface area contributed by atoms with E-state index in [-0.39, 0.29) is 6.10 Å². The van der Waals surface area contributed by atoms with Crippen LogP contribution in [0.15, 0.2) is 0 Å². The highest BCUT2D eigenvalue weighted by Gasteiger charge is 2.57. The Labute approximate surface area is 120 Å². The molecule has 0 spiro atoms. The van der Waals surface area contributed by atoms with Crippen LogP contribution in [0.1, 0.15) is 96.8 Å². The van der Waals surface area contributed by atoms with Crippen molar-refractivity contribution in [3.8, 4) is 0 Å². The molecule has 0 aromatic rings. The van der Waals surface area contributed by atoms with Gasteiger partial charge in [-0.1, -0.05) is 71.1 Å². The third-order valence-electron chi connectivity index (χ3n) is 5.67. The van der Waals surface area contributed by atoms with Crippen molar-refractivity contribution >= 4 is 0 Å². The molecule has 112 valence electrons. The molecular formula is C18H34O. The molecule has 0 amide bonds. The molecule has 0 radical (unpaired) electrons. The summed E-state index contributed by atoms with van der Waals surface area (Å²) in [6.45, 7) is 2.28. The van der Waals surface area contributed by atoms with Crippen LogP contribution in [-0.4, -0.2) is 11.2 Å². The first-order chi connectivity index (χ1) is 9.28. The lowest BCUT2D eigenvalue weighted by Gasteiger charge is -2.25. The monoisotopic (exact) mass is 266 g/mol. The van der Waals surface area contributed by atoms with Gasteiger partial charge < -0.3 is 5.11 Å². The van der Waals surface area contributed by atoms with Gasteiger partial charge in [-0.3, -0.25) is 0 Å². The summed E-state index contributed by atoms with van der Waals surface area (Å²) >= 11 is 0. The number of unbranched alkanes of at least 4 members (excludes halogenated alkanes) is 8. The molecule has 0 aromatic carbocycles. The van der Waals surface area contributed by atoms with Crippen LogP contribution >= 0.6 is 0 Å². The molecule has 0 bridgehead atoms. The highest BCUT2D eigenvalue weighted by Crippen LogP contribution is 2.64. The predicted octanol–water partition coefficient (Wildman–Crippen LogP) is 5.46. The maximum absolute atomic E-state index is 9.93. The molecule has 0 aliphatic heterocycles. The Hall–Kier alpha value is -0.0400. The highest BCUT2D eigenvalue weighted by atomic mass is 16.3. The Morgan fingerprint density at radius 2 is 1.58 bits per heavy atom. The average molecular weight is 266 g/mol. The lowest BCUT2D eigenvalue weighted by molar-refractivity contribution is 0.0896. The minimum absolute atomic E-state index is 0.0484. The lowest BCUT2D eigenvalue weighted by Crippen LogP contribution is -2.21. The van der Waals surface area contributed by atoms with Crippen LogP contribution < -0.4 is 0 Å². The molecule has 2 aliphatic rings. The third kappa shape index (κ3) is 4.48. The normalized spacial score (nSPS) is 33.2. The van der Waals surface area contributed by atoms with Gasteiger partial charge in [0.05, 0.1) is 6.10 Å². The summed E-state index contributed by atoms with van der Waals surface area (Å²) in [6.07, 6.45) is 19.4. The van der Waals surface area contributed by atoms with E-state index in [2.05, 4.69) is 6.92 Å². The van der Waals surface area contributed by atoms with E-state index < -0.39 is 0 Å². The van der Waals surface area contributed by atoms with Crippen LogP contribution in [0.4, 0.5) is 0 Å². The van der Waals surface area contributed by atoms with Crippen LogP contribution in [0.5, 0.6) is 0 Å². The van der Waals surface area contributed by atoms with E-state index in [1.807, 2.05) is 0 Å². The van der Waals surface area contributed by atoms with Crippen molar-refractivity contribution in [2.24, 2.45) is 11.3 Å². The van der Waals surface area contributed by atoms with E-state index >= 15 is 0 Å². The van der Waals surface area contributed by atoms with Crippen LogP contribution in [0.3, 0.4) is 0 Å². The summed E-state index contributed by atoms with van der Waals surface area (Å²) in [4.78, 5) is 0. The molecule has 19 heavy (non-hydrogen) atoms. The van der Waals surface area contributed by atoms with Crippen LogP contribution in [0, 0.1) is 11.3 Å². The molecule has 2 rings (SSSR count). The zero-order valence-electron chi connectivity index (χ0n) is 13.0. The second-order valence-electron chi connectivity index (χ2n) is 7.21. The first-order valence-corrected chi connectivity index (χ1v) is 8.96. The number of hydrogen-bond donors (Lipinski definition) is 1. The van der Waals surface area contributed by atoms with Gasteiger partial charge in [-0.25, -0.2) is 0 Å². The van der Waals surface area contributed by atoms with Gasteiger partial charge in [0.15, 0.2) is 0 Å². The Balaban J connectivity index is 1.43. The fourth-order valence-electron chi connectivity index (χ4n) is 4.28. The summed E-state index contributed by atoms with van der Waals surface area (Å²) in [7, 11) is 0. The molecular weight excluding hydrogens is 232 g/mol. The molecule has 0 heterocycles. The molecule has 3 atom stereocenters. The maximum Gasteiger partial charge on any atom is 0.0573 e. The van der Waals surface area contributed by atoms with Gasteiger partial charge in [-0.2, -0.15) is 0 Å². The third-order valence-corrected chi connectivity index (χ3v) is 5.67. The van der Waals surface area contributed by atoms with Gasteiger partial charge in [0.25, 0.3) is 0 Å². The lowest BCUT2D eigenvalue weighted by atomic mass is 9.83. The van der Waals surface area contributed by atoms with E-state index in [1.54, 1.807) is 0 Å². The molecule has 1 N–H and O–H groups in total. The first-order valence-electron chi connectivity index (χ1n) is 8.96. The van der Waals surface area contributed by atoms with Crippen molar-refractivity contribution in [1.82, 2.24) is 0 Å². The van der Waals surface area contributed by atoms with Crippen LogP contribution in [0.2, 0.25) is 0 Å². The number of aliphatic hydroxyl groups excluding tert-OH is 1. The van der Waals surface area contributed by atoms with E-state index in [1.165, 1.54) is 83.5 Å². The summed E-state index contributed by atoms with van der Waals surface area (Å²) < 4.78 is 0. The van der Waals surface area contributed by atoms with Crippen molar-refractivity contribution in [2.75, 3.05) is 0 Å². The topological polar surface area (TPSA) is 20.2 Å². The second-order valence-corrected chi connectivity index (χ2v) is 7.21. The average Bonchev–Trinajstić information content (AvgIpc) is 3.13. The number of aliphatic hydroxyl groups is 1. The fraction of sp³-hybridized carbons (Fsp3) is 1.00. The Morgan fingerprint density at radius 1 is 0.947 bits per heavy atom. The van der Waals surface area contributed by atoms with Crippen molar-refractivity contribution in [3.05, 3.63) is 0 Å². The van der Waals surface area contributed by atoms with Gasteiger partial charge in [0, 0.05) is 0 Å². The SMILES string of the molecule is CCCCCCCCCCC[C@]12CCC[C@H](O)[C@H]1C2. The largest absolute Gasteiger partial charge is 0.393 e. The van der Waals surface area contributed by atoms with Crippen molar-refractivity contribution in [3.63, 3.8) is 0 Å². The van der Waals surface area contributed by atoms with Gasteiger partial charge in [0.1, 0.15) is 0 Å². The molecule has 1 nitrogen and oxygen atoms in total. The number of rotatable bonds is 10. The van der Waals surface area contributed by atoms with Gasteiger partial charge >= 0.3 is 0 Å². The molecule has 2 saturated carbocycles. The smallest absolute Gasteiger partial charge is 0.0573 e. The highest BCUT2D eigenvalue weighted by molar-refractivity contribution is 5.07. The quantitative estimate of drug-likeness (QED) is 0.521.